The third-order valence-corrected chi connectivity index (χ3v) is 2.69. The molecule has 0 fully saturated rings. The molecule has 6 nitrogen and oxygen atoms in total. The average Bonchev–Trinajstić information content (AvgIpc) is 2.42. The number of fused-ring (bicyclic) bond motifs is 1. The van der Waals surface area contributed by atoms with Gasteiger partial charge in [-0.05, 0) is 38.5 Å². The molecule has 1 amide bonds. The second kappa shape index (κ2) is 5.92. The van der Waals surface area contributed by atoms with Crippen LogP contribution in [0.2, 0.25) is 0 Å². The summed E-state index contributed by atoms with van der Waals surface area (Å²) in [5, 5.41) is 11.8. The van der Waals surface area contributed by atoms with Crippen LogP contribution in [0.3, 0.4) is 0 Å². The topological polar surface area (TPSA) is 80.6 Å². The number of amides is 1. The lowest BCUT2D eigenvalue weighted by Crippen LogP contribution is -2.34. The predicted molar refractivity (Wildman–Crippen MR) is 75.2 cm³/mol. The quantitative estimate of drug-likeness (QED) is 0.905. The van der Waals surface area contributed by atoms with Crippen LogP contribution in [0.5, 0.6) is 11.5 Å². The molecule has 1 N–H and O–H groups in total. The summed E-state index contributed by atoms with van der Waals surface area (Å²) >= 11 is 0. The lowest BCUT2D eigenvalue weighted by Gasteiger charge is -2.22. The Balaban J connectivity index is 2.11. The Hall–Kier alpha value is -2.42. The van der Waals surface area contributed by atoms with E-state index in [1.807, 2.05) is 6.07 Å². The summed E-state index contributed by atoms with van der Waals surface area (Å²) < 4.78 is 16.0. The molecule has 0 saturated carbocycles. The molecule has 21 heavy (non-hydrogen) atoms. The van der Waals surface area contributed by atoms with E-state index in [9.17, 15) is 10.1 Å². The van der Waals surface area contributed by atoms with Gasteiger partial charge >= 0.3 is 6.09 Å². The molecule has 0 aromatic heterocycles. The maximum Gasteiger partial charge on any atom is 0.408 e. The summed E-state index contributed by atoms with van der Waals surface area (Å²) in [4.78, 5) is 11.7. The van der Waals surface area contributed by atoms with Gasteiger partial charge < -0.3 is 19.5 Å². The van der Waals surface area contributed by atoms with Gasteiger partial charge in [-0.2, -0.15) is 5.26 Å². The molecule has 1 unspecified atom stereocenters. The number of nitriles is 1. The van der Waals surface area contributed by atoms with E-state index < -0.39 is 17.7 Å². The molecule has 112 valence electrons. The Bertz CT molecular complexity index is 572. The smallest absolute Gasteiger partial charge is 0.408 e. The van der Waals surface area contributed by atoms with Crippen molar-refractivity contribution in [2.45, 2.75) is 32.4 Å². The summed E-state index contributed by atoms with van der Waals surface area (Å²) in [6.45, 7) is 6.26. The molecule has 0 radical (unpaired) electrons. The van der Waals surface area contributed by atoms with Crippen molar-refractivity contribution in [2.24, 2.45) is 0 Å². The van der Waals surface area contributed by atoms with Crippen LogP contribution in [0, 0.1) is 11.3 Å². The fourth-order valence-corrected chi connectivity index (χ4v) is 1.86. The summed E-state index contributed by atoms with van der Waals surface area (Å²) in [6, 6.07) is 6.37. The standard InChI is InChI=1S/C15H18N2O4/c1-15(2,3)21-14(18)17-11(9-16)10-4-5-12-13(8-10)20-7-6-19-12/h4-5,8,11H,6-7H2,1-3H3,(H,17,18). The molecular weight excluding hydrogens is 272 g/mol. The van der Waals surface area contributed by atoms with Crippen LogP contribution in [0.15, 0.2) is 18.2 Å². The van der Waals surface area contributed by atoms with Gasteiger partial charge in [0.15, 0.2) is 11.5 Å². The van der Waals surface area contributed by atoms with Crippen LogP contribution < -0.4 is 14.8 Å². The highest BCUT2D eigenvalue weighted by Crippen LogP contribution is 2.32. The molecule has 6 heteroatoms. The van der Waals surface area contributed by atoms with Gasteiger partial charge in [0.05, 0.1) is 6.07 Å². The number of carbonyl (C=O) groups is 1. The van der Waals surface area contributed by atoms with E-state index in [0.717, 1.165) is 0 Å². The van der Waals surface area contributed by atoms with Crippen molar-refractivity contribution in [3.8, 4) is 17.6 Å². The highest BCUT2D eigenvalue weighted by atomic mass is 16.6. The van der Waals surface area contributed by atoms with Crippen LogP contribution in [0.1, 0.15) is 32.4 Å². The van der Waals surface area contributed by atoms with Crippen LogP contribution in [0.4, 0.5) is 4.79 Å². The average molecular weight is 290 g/mol. The zero-order valence-electron chi connectivity index (χ0n) is 12.3. The van der Waals surface area contributed by atoms with Crippen molar-refractivity contribution in [3.05, 3.63) is 23.8 Å². The molecule has 0 aliphatic carbocycles. The molecule has 0 saturated heterocycles. The van der Waals surface area contributed by atoms with Gasteiger partial charge in [-0.3, -0.25) is 0 Å². The molecule has 2 rings (SSSR count). The number of nitrogens with zero attached hydrogens (tertiary/aromatic N) is 1. The number of ether oxygens (including phenoxy) is 3. The van der Waals surface area contributed by atoms with Gasteiger partial charge in [0.25, 0.3) is 0 Å². The number of alkyl carbamates (subject to hydrolysis) is 1. The Labute approximate surface area is 123 Å². The molecule has 1 aromatic rings. The molecule has 1 heterocycles. The van der Waals surface area contributed by atoms with Gasteiger partial charge in [-0.15, -0.1) is 0 Å². The normalized spacial score (nSPS) is 14.8. The largest absolute Gasteiger partial charge is 0.486 e. The number of rotatable bonds is 2. The highest BCUT2D eigenvalue weighted by molar-refractivity contribution is 5.69. The fraction of sp³-hybridized carbons (Fsp3) is 0.467. The first-order valence-electron chi connectivity index (χ1n) is 6.68. The second-order valence-corrected chi connectivity index (χ2v) is 5.61. The monoisotopic (exact) mass is 290 g/mol. The Kier molecular flexibility index (Phi) is 4.22. The minimum absolute atomic E-state index is 0.465. The zero-order valence-corrected chi connectivity index (χ0v) is 12.3. The van der Waals surface area contributed by atoms with E-state index in [4.69, 9.17) is 14.2 Å². The van der Waals surface area contributed by atoms with Gasteiger partial charge in [0.2, 0.25) is 0 Å². The lowest BCUT2D eigenvalue weighted by molar-refractivity contribution is 0.0515. The minimum Gasteiger partial charge on any atom is -0.486 e. The third kappa shape index (κ3) is 4.02. The number of nitrogens with one attached hydrogen (secondary N) is 1. The second-order valence-electron chi connectivity index (χ2n) is 5.61. The first-order valence-corrected chi connectivity index (χ1v) is 6.68. The maximum atomic E-state index is 11.7. The zero-order chi connectivity index (χ0) is 15.5. The molecule has 1 aromatic carbocycles. The summed E-state index contributed by atoms with van der Waals surface area (Å²) in [5.74, 6) is 1.21. The molecule has 1 aliphatic rings. The van der Waals surface area contributed by atoms with Crippen molar-refractivity contribution >= 4 is 6.09 Å². The van der Waals surface area contributed by atoms with E-state index in [0.29, 0.717) is 30.3 Å². The summed E-state index contributed by atoms with van der Waals surface area (Å²) in [7, 11) is 0. The number of hydrogen-bond acceptors (Lipinski definition) is 5. The Morgan fingerprint density at radius 2 is 2.00 bits per heavy atom. The summed E-state index contributed by atoms with van der Waals surface area (Å²) in [6.07, 6.45) is -0.635. The van der Waals surface area contributed by atoms with Crippen molar-refractivity contribution in [3.63, 3.8) is 0 Å². The fourth-order valence-electron chi connectivity index (χ4n) is 1.86. The number of hydrogen-bond donors (Lipinski definition) is 1. The number of carbonyl (C=O) groups excluding carboxylic acids is 1. The van der Waals surface area contributed by atoms with E-state index >= 15 is 0 Å². The third-order valence-electron chi connectivity index (χ3n) is 2.69. The highest BCUT2D eigenvalue weighted by Gasteiger charge is 2.22. The van der Waals surface area contributed by atoms with Gasteiger partial charge in [0, 0.05) is 0 Å². The summed E-state index contributed by atoms with van der Waals surface area (Å²) in [5.41, 5.74) is 0.00396. The maximum absolute atomic E-state index is 11.7. The molecule has 1 atom stereocenters. The van der Waals surface area contributed by atoms with Crippen LogP contribution in [0.25, 0.3) is 0 Å². The van der Waals surface area contributed by atoms with E-state index in [1.54, 1.807) is 39.0 Å². The molecule has 1 aliphatic heterocycles. The van der Waals surface area contributed by atoms with Crippen LogP contribution in [-0.2, 0) is 4.74 Å². The van der Waals surface area contributed by atoms with Gasteiger partial charge in [0.1, 0.15) is 24.9 Å². The Morgan fingerprint density at radius 3 is 2.62 bits per heavy atom. The van der Waals surface area contributed by atoms with Crippen molar-refractivity contribution in [1.82, 2.24) is 5.32 Å². The molecular formula is C15H18N2O4. The lowest BCUT2D eigenvalue weighted by atomic mass is 10.1. The number of benzene rings is 1. The van der Waals surface area contributed by atoms with E-state index in [-0.39, 0.29) is 0 Å². The van der Waals surface area contributed by atoms with E-state index in [2.05, 4.69) is 5.32 Å². The SMILES string of the molecule is CC(C)(C)OC(=O)NC(C#N)c1ccc2c(c1)OCCO2. The predicted octanol–water partition coefficient (Wildman–Crippen LogP) is 2.55. The molecule has 0 bridgehead atoms. The first kappa shape index (κ1) is 15.0. The first-order chi connectivity index (χ1) is 9.89. The van der Waals surface area contributed by atoms with Gasteiger partial charge in [-0.1, -0.05) is 6.07 Å². The van der Waals surface area contributed by atoms with Crippen LogP contribution >= 0.6 is 0 Å². The Morgan fingerprint density at radius 1 is 1.33 bits per heavy atom. The van der Waals surface area contributed by atoms with Crippen LogP contribution in [-0.4, -0.2) is 24.9 Å². The minimum atomic E-state index is -0.810. The van der Waals surface area contributed by atoms with E-state index in [1.165, 1.54) is 0 Å². The van der Waals surface area contributed by atoms with Gasteiger partial charge in [-0.25, -0.2) is 4.79 Å². The van der Waals surface area contributed by atoms with Crippen molar-refractivity contribution < 1.29 is 19.0 Å². The van der Waals surface area contributed by atoms with Crippen molar-refractivity contribution in [1.29, 1.82) is 5.26 Å². The van der Waals surface area contributed by atoms with Crippen molar-refractivity contribution in [2.75, 3.05) is 13.2 Å². The molecule has 0 spiro atoms.